The number of aryl methyl sites for hydroxylation is 1. The molecular weight excluding hydrogens is 654 g/mol. The topological polar surface area (TPSA) is 86.8 Å². The van der Waals surface area contributed by atoms with Gasteiger partial charge in [0.15, 0.2) is 0 Å². The first kappa shape index (κ1) is 36.1. The van der Waals surface area contributed by atoms with E-state index in [2.05, 4.69) is 19.2 Å². The number of hydrogen-bond acceptors (Lipinski definition) is 4. The van der Waals surface area contributed by atoms with Gasteiger partial charge in [0, 0.05) is 24.0 Å². The molecular formula is C40H46ClN3O4S. The Balaban J connectivity index is 1.57. The molecule has 1 fully saturated rings. The smallest absolute Gasteiger partial charge is 0.264 e. The average Bonchev–Trinajstić information content (AvgIpc) is 3.09. The van der Waals surface area contributed by atoms with Crippen molar-refractivity contribution in [2.75, 3.05) is 10.8 Å². The van der Waals surface area contributed by atoms with E-state index in [9.17, 15) is 18.0 Å². The molecule has 1 saturated carbocycles. The first-order valence-corrected chi connectivity index (χ1v) is 18.9. The number of nitrogens with zero attached hydrogens (tertiary/aromatic N) is 2. The van der Waals surface area contributed by atoms with E-state index in [1.165, 1.54) is 4.90 Å². The number of nitrogens with one attached hydrogen (secondary N) is 1. The van der Waals surface area contributed by atoms with Gasteiger partial charge in [0.1, 0.15) is 12.6 Å². The molecule has 1 N–H and O–H groups in total. The number of anilines is 1. The molecule has 7 nitrogen and oxygen atoms in total. The minimum Gasteiger partial charge on any atom is -0.352 e. The second-order valence-corrected chi connectivity index (χ2v) is 15.6. The van der Waals surface area contributed by atoms with Crippen LogP contribution in [0.5, 0.6) is 0 Å². The van der Waals surface area contributed by atoms with Gasteiger partial charge in [-0.2, -0.15) is 0 Å². The largest absolute Gasteiger partial charge is 0.352 e. The second kappa shape index (κ2) is 16.5. The lowest BCUT2D eigenvalue weighted by atomic mass is 9.94. The minimum atomic E-state index is -4.18. The maximum Gasteiger partial charge on any atom is 0.264 e. The molecule has 1 aliphatic rings. The van der Waals surface area contributed by atoms with Crippen molar-refractivity contribution in [2.24, 2.45) is 0 Å². The molecule has 2 amide bonds. The van der Waals surface area contributed by atoms with Gasteiger partial charge in [-0.1, -0.05) is 117 Å². The van der Waals surface area contributed by atoms with E-state index in [-0.39, 0.29) is 35.7 Å². The quantitative estimate of drug-likeness (QED) is 0.153. The van der Waals surface area contributed by atoms with Gasteiger partial charge in [-0.05, 0) is 78.8 Å². The molecule has 1 aliphatic carbocycles. The first-order valence-electron chi connectivity index (χ1n) is 17.1. The van der Waals surface area contributed by atoms with Crippen molar-refractivity contribution in [3.63, 3.8) is 0 Å². The van der Waals surface area contributed by atoms with Crippen LogP contribution in [0.25, 0.3) is 0 Å². The van der Waals surface area contributed by atoms with Crippen LogP contribution in [0.3, 0.4) is 0 Å². The Bertz CT molecular complexity index is 1810. The molecule has 5 rings (SSSR count). The zero-order chi connectivity index (χ0) is 35.0. The van der Waals surface area contributed by atoms with Crippen molar-refractivity contribution < 1.29 is 18.0 Å². The number of carbonyl (C=O) groups is 2. The zero-order valence-corrected chi connectivity index (χ0v) is 30.1. The number of carbonyl (C=O) groups excluding carboxylic acids is 2. The summed E-state index contributed by atoms with van der Waals surface area (Å²) in [5.74, 6) is -0.504. The standard InChI is InChI=1S/C40H46ClN3O4S/c1-29(2)33-19-21-36(22-20-33)44(49(47,48)37-23-17-30(3)18-24-37)28-39(45)43(27-32-13-10-14-34(41)25-32)38(26-31-11-6-4-7-12-31)40(46)42-35-15-8-5-9-16-35/h4,6-7,10-14,17-25,29,35,38H,5,8-9,15-16,26-28H2,1-3H3,(H,42,46)/t38-/m1/s1. The zero-order valence-electron chi connectivity index (χ0n) is 28.5. The SMILES string of the molecule is Cc1ccc(S(=O)(=O)N(CC(=O)N(Cc2cccc(Cl)c2)[C@H](Cc2ccccc2)C(=O)NC2CCCCC2)c2ccc(C(C)C)cc2)cc1. The fourth-order valence-electron chi connectivity index (χ4n) is 6.32. The van der Waals surface area contributed by atoms with Crippen LogP contribution in [0.15, 0.2) is 108 Å². The summed E-state index contributed by atoms with van der Waals surface area (Å²) < 4.78 is 29.8. The van der Waals surface area contributed by atoms with Crippen molar-refractivity contribution in [1.82, 2.24) is 10.2 Å². The van der Waals surface area contributed by atoms with Crippen LogP contribution >= 0.6 is 11.6 Å². The summed E-state index contributed by atoms with van der Waals surface area (Å²) in [6, 6.07) is 29.8. The maximum absolute atomic E-state index is 14.8. The van der Waals surface area contributed by atoms with Crippen molar-refractivity contribution in [3.8, 4) is 0 Å². The van der Waals surface area contributed by atoms with E-state index >= 15 is 0 Å². The number of halogens is 1. The highest BCUT2D eigenvalue weighted by Gasteiger charge is 2.35. The molecule has 4 aromatic rings. The number of rotatable bonds is 13. The molecule has 1 atom stereocenters. The summed E-state index contributed by atoms with van der Waals surface area (Å²) in [7, 11) is -4.18. The summed E-state index contributed by atoms with van der Waals surface area (Å²) >= 11 is 6.38. The van der Waals surface area contributed by atoms with Crippen LogP contribution in [-0.4, -0.2) is 43.8 Å². The van der Waals surface area contributed by atoms with E-state index in [4.69, 9.17) is 11.6 Å². The Hall–Kier alpha value is -4.14. The third-order valence-electron chi connectivity index (χ3n) is 9.20. The fraction of sp³-hybridized carbons (Fsp3) is 0.350. The second-order valence-electron chi connectivity index (χ2n) is 13.3. The summed E-state index contributed by atoms with van der Waals surface area (Å²) in [4.78, 5) is 30.6. The van der Waals surface area contributed by atoms with Crippen LogP contribution in [0, 0.1) is 6.92 Å². The lowest BCUT2D eigenvalue weighted by Crippen LogP contribution is -2.55. The summed E-state index contributed by atoms with van der Waals surface area (Å²) in [6.07, 6.45) is 5.27. The molecule has 0 saturated heterocycles. The lowest BCUT2D eigenvalue weighted by molar-refractivity contribution is -0.140. The van der Waals surface area contributed by atoms with Crippen molar-refractivity contribution in [3.05, 3.63) is 130 Å². The normalized spacial score (nSPS) is 14.3. The van der Waals surface area contributed by atoms with E-state index in [1.807, 2.05) is 55.5 Å². The minimum absolute atomic E-state index is 0.0283. The highest BCUT2D eigenvalue weighted by molar-refractivity contribution is 7.92. The molecule has 4 aromatic carbocycles. The third kappa shape index (κ3) is 9.52. The molecule has 0 aromatic heterocycles. The Morgan fingerprint density at radius 2 is 1.49 bits per heavy atom. The van der Waals surface area contributed by atoms with Gasteiger partial charge in [0.2, 0.25) is 11.8 Å². The fourth-order valence-corrected chi connectivity index (χ4v) is 7.95. The molecule has 0 radical (unpaired) electrons. The average molecular weight is 700 g/mol. The Kier molecular flexibility index (Phi) is 12.2. The molecule has 9 heteroatoms. The van der Waals surface area contributed by atoms with Crippen molar-refractivity contribution in [1.29, 1.82) is 0 Å². The molecule has 49 heavy (non-hydrogen) atoms. The molecule has 0 unspecified atom stereocenters. The predicted molar refractivity (Wildman–Crippen MR) is 197 cm³/mol. The van der Waals surface area contributed by atoms with Crippen LogP contribution in [0.1, 0.15) is 74.1 Å². The molecule has 0 heterocycles. The number of sulfonamides is 1. The predicted octanol–water partition coefficient (Wildman–Crippen LogP) is 8.06. The van der Waals surface area contributed by atoms with E-state index in [0.717, 1.165) is 58.7 Å². The Morgan fingerprint density at radius 1 is 0.837 bits per heavy atom. The maximum atomic E-state index is 14.8. The van der Waals surface area contributed by atoms with Gasteiger partial charge in [-0.3, -0.25) is 13.9 Å². The molecule has 0 bridgehead atoms. The van der Waals surface area contributed by atoms with Gasteiger partial charge in [0.05, 0.1) is 10.6 Å². The molecule has 0 aliphatic heterocycles. The Labute approximate surface area is 296 Å². The van der Waals surface area contributed by atoms with E-state index in [0.29, 0.717) is 10.7 Å². The highest BCUT2D eigenvalue weighted by Crippen LogP contribution is 2.28. The molecule has 258 valence electrons. The number of hydrogen-bond donors (Lipinski definition) is 1. The Morgan fingerprint density at radius 3 is 2.12 bits per heavy atom. The van der Waals surface area contributed by atoms with Gasteiger partial charge in [-0.15, -0.1) is 0 Å². The first-order chi connectivity index (χ1) is 23.5. The van der Waals surface area contributed by atoms with Gasteiger partial charge in [-0.25, -0.2) is 8.42 Å². The van der Waals surface area contributed by atoms with Crippen molar-refractivity contribution in [2.45, 2.75) is 88.7 Å². The molecule has 0 spiro atoms. The van der Waals surface area contributed by atoms with Crippen LogP contribution in [0.4, 0.5) is 5.69 Å². The number of benzene rings is 4. The lowest BCUT2D eigenvalue weighted by Gasteiger charge is -2.35. The number of amides is 2. The summed E-state index contributed by atoms with van der Waals surface area (Å²) in [5.41, 5.74) is 3.96. The third-order valence-corrected chi connectivity index (χ3v) is 11.2. The van der Waals surface area contributed by atoms with E-state index in [1.54, 1.807) is 54.6 Å². The van der Waals surface area contributed by atoms with Gasteiger partial charge >= 0.3 is 0 Å². The van der Waals surface area contributed by atoms with Crippen LogP contribution in [0.2, 0.25) is 5.02 Å². The van der Waals surface area contributed by atoms with E-state index < -0.39 is 28.5 Å². The summed E-state index contributed by atoms with van der Waals surface area (Å²) in [6.45, 7) is 5.59. The highest BCUT2D eigenvalue weighted by atomic mass is 35.5. The summed E-state index contributed by atoms with van der Waals surface area (Å²) in [5, 5.41) is 3.75. The monoisotopic (exact) mass is 699 g/mol. The van der Waals surface area contributed by atoms with Gasteiger partial charge in [0.25, 0.3) is 10.0 Å². The van der Waals surface area contributed by atoms with Crippen molar-refractivity contribution >= 4 is 39.1 Å². The van der Waals surface area contributed by atoms with Crippen LogP contribution in [-0.2, 0) is 32.6 Å². The van der Waals surface area contributed by atoms with Crippen LogP contribution < -0.4 is 9.62 Å². The van der Waals surface area contributed by atoms with Gasteiger partial charge < -0.3 is 10.2 Å².